The first-order valence-electron chi connectivity index (χ1n) is 2.53. The number of hydrogen-bond donors (Lipinski definition) is 0. The average molecular weight is 275 g/mol. The van der Waals surface area contributed by atoms with Gasteiger partial charge < -0.3 is 0 Å². The summed E-state index contributed by atoms with van der Waals surface area (Å²) >= 11 is 13.8. The third kappa shape index (κ3) is 2.48. The molecule has 1 rings (SSSR count). The number of halogens is 3. The summed E-state index contributed by atoms with van der Waals surface area (Å²) in [6.07, 6.45) is 6.57. The summed E-state index contributed by atoms with van der Waals surface area (Å²) < 4.78 is -0.382. The van der Waals surface area contributed by atoms with E-state index in [9.17, 15) is 0 Å². The Kier molecular flexibility index (Phi) is 2.46. The molecule has 0 spiro atoms. The lowest BCUT2D eigenvalue weighted by Crippen LogP contribution is -2.05. The van der Waals surface area contributed by atoms with Gasteiger partial charge in [-0.3, -0.25) is 0 Å². The van der Waals surface area contributed by atoms with E-state index in [2.05, 4.69) is 22.6 Å². The minimum Gasteiger partial charge on any atom is -0.0984 e. The molecule has 1 aliphatic carbocycles. The molecule has 0 aromatic heterocycles. The lowest BCUT2D eigenvalue weighted by molar-refractivity contribution is 1.19. The fourth-order valence-corrected chi connectivity index (χ4v) is 2.00. The van der Waals surface area contributed by atoms with E-state index < -0.39 is 0 Å². The summed E-state index contributed by atoms with van der Waals surface area (Å²) in [5, 5.41) is 0.821. The molecule has 0 aromatic carbocycles. The third-order valence-corrected chi connectivity index (χ3v) is 2.17. The van der Waals surface area contributed by atoms with Crippen molar-refractivity contribution in [2.24, 2.45) is 0 Å². The van der Waals surface area contributed by atoms with Crippen LogP contribution in [0.5, 0.6) is 0 Å². The van der Waals surface area contributed by atoms with Gasteiger partial charge in [-0.15, -0.1) is 0 Å². The molecule has 0 nitrogen and oxygen atoms in total. The molecule has 0 aliphatic heterocycles. The molecule has 9 heavy (non-hydrogen) atoms. The van der Waals surface area contributed by atoms with Gasteiger partial charge in [-0.1, -0.05) is 57.9 Å². The number of allylic oxidation sites excluding steroid dienone is 4. The molecule has 0 aromatic rings. The van der Waals surface area contributed by atoms with Crippen LogP contribution in [0.1, 0.15) is 6.42 Å². The van der Waals surface area contributed by atoms with Crippen LogP contribution >= 0.6 is 45.8 Å². The summed E-state index contributed by atoms with van der Waals surface area (Å²) in [5.74, 6) is 0. The van der Waals surface area contributed by atoms with Gasteiger partial charge in [0.2, 0.25) is 0 Å². The molecule has 0 N–H and O–H groups in total. The topological polar surface area (TPSA) is 0 Å². The highest BCUT2D eigenvalue weighted by Gasteiger charge is 2.18. The summed E-state index contributed by atoms with van der Waals surface area (Å²) in [7, 11) is 0. The number of hydrogen-bond acceptors (Lipinski definition) is 0. The number of rotatable bonds is 0. The number of alkyl halides is 2. The Labute approximate surface area is 78.0 Å². The van der Waals surface area contributed by atoms with Crippen molar-refractivity contribution in [3.05, 3.63) is 23.3 Å². The van der Waals surface area contributed by atoms with Crippen LogP contribution in [-0.2, 0) is 0 Å². The fourth-order valence-electron chi connectivity index (χ4n) is 0.644. The normalized spacial score (nSPS) is 34.3. The second kappa shape index (κ2) is 2.81. The largest absolute Gasteiger partial charge is 0.133 e. The van der Waals surface area contributed by atoms with Crippen LogP contribution in [0.3, 0.4) is 0 Å². The van der Waals surface area contributed by atoms with Crippen LogP contribution < -0.4 is 0 Å². The van der Waals surface area contributed by atoms with Crippen LogP contribution in [-0.4, -0.2) is 2.88 Å². The van der Waals surface area contributed by atoms with Gasteiger partial charge in [-0.25, -0.2) is 0 Å². The molecule has 1 atom stereocenters. The maximum absolute atomic E-state index is 5.91. The summed E-state index contributed by atoms with van der Waals surface area (Å²) in [6.45, 7) is 0. The van der Waals surface area contributed by atoms with E-state index in [0.717, 1.165) is 11.5 Å². The molecule has 50 valence electrons. The molecular formula is C6H5Cl2I. The minimum atomic E-state index is -0.382. The standard InChI is InChI=1S/C6H5Cl2I/c7-5-2-1-3-6(8,9)4-5/h1,3-4H,2H2. The average Bonchev–Trinajstić information content (AvgIpc) is 1.60. The van der Waals surface area contributed by atoms with Gasteiger partial charge >= 0.3 is 0 Å². The van der Waals surface area contributed by atoms with Crippen LogP contribution in [0.2, 0.25) is 0 Å². The van der Waals surface area contributed by atoms with Crippen molar-refractivity contribution in [3.63, 3.8) is 0 Å². The van der Waals surface area contributed by atoms with Crippen LogP contribution in [0.15, 0.2) is 23.3 Å². The predicted octanol–water partition coefficient (Wildman–Crippen LogP) is 3.44. The zero-order chi connectivity index (χ0) is 6.91. The van der Waals surface area contributed by atoms with E-state index >= 15 is 0 Å². The van der Waals surface area contributed by atoms with Gasteiger partial charge in [0.1, 0.15) is 2.88 Å². The van der Waals surface area contributed by atoms with Gasteiger partial charge in [0.15, 0.2) is 0 Å². The lowest BCUT2D eigenvalue weighted by atomic mass is 10.2. The van der Waals surface area contributed by atoms with Gasteiger partial charge in [-0.05, 0) is 6.08 Å². The smallest absolute Gasteiger partial charge is 0.0984 e. The Morgan fingerprint density at radius 2 is 2.33 bits per heavy atom. The van der Waals surface area contributed by atoms with Crippen molar-refractivity contribution in [2.45, 2.75) is 9.30 Å². The summed E-state index contributed by atoms with van der Waals surface area (Å²) in [5.41, 5.74) is 0. The summed E-state index contributed by atoms with van der Waals surface area (Å²) in [6, 6.07) is 0. The van der Waals surface area contributed by atoms with Gasteiger partial charge in [0, 0.05) is 11.5 Å². The maximum atomic E-state index is 5.91. The van der Waals surface area contributed by atoms with Crippen molar-refractivity contribution in [2.75, 3.05) is 0 Å². The zero-order valence-corrected chi connectivity index (χ0v) is 8.24. The van der Waals surface area contributed by atoms with E-state index in [0.29, 0.717) is 0 Å². The van der Waals surface area contributed by atoms with E-state index in [1.807, 2.05) is 18.2 Å². The van der Waals surface area contributed by atoms with Crippen molar-refractivity contribution >= 4 is 45.8 Å². The fraction of sp³-hybridized carbons (Fsp3) is 0.333. The van der Waals surface area contributed by atoms with Crippen molar-refractivity contribution in [1.29, 1.82) is 0 Å². The summed E-state index contributed by atoms with van der Waals surface area (Å²) in [4.78, 5) is 0. The molecule has 1 aliphatic rings. The second-order valence-electron chi connectivity index (χ2n) is 1.87. The van der Waals surface area contributed by atoms with E-state index in [1.165, 1.54) is 0 Å². The van der Waals surface area contributed by atoms with Crippen LogP contribution in [0.25, 0.3) is 0 Å². The molecule has 3 heteroatoms. The van der Waals surface area contributed by atoms with Crippen molar-refractivity contribution in [3.8, 4) is 0 Å². The highest BCUT2D eigenvalue weighted by atomic mass is 127. The quantitative estimate of drug-likeness (QED) is 0.361. The van der Waals surface area contributed by atoms with Crippen LogP contribution in [0.4, 0.5) is 0 Å². The molecule has 0 heterocycles. The molecule has 0 bridgehead atoms. The van der Waals surface area contributed by atoms with Gasteiger partial charge in [-0.2, -0.15) is 0 Å². The molecule has 0 saturated carbocycles. The molecule has 1 unspecified atom stereocenters. The predicted molar refractivity (Wildman–Crippen MR) is 50.3 cm³/mol. The third-order valence-electron chi connectivity index (χ3n) is 1.00. The zero-order valence-electron chi connectivity index (χ0n) is 4.57. The first-order valence-corrected chi connectivity index (χ1v) is 4.36. The molecule has 0 amide bonds. The lowest BCUT2D eigenvalue weighted by Gasteiger charge is -2.13. The Balaban J connectivity index is 2.78. The van der Waals surface area contributed by atoms with E-state index in [1.54, 1.807) is 0 Å². The monoisotopic (exact) mass is 274 g/mol. The Morgan fingerprint density at radius 1 is 1.67 bits per heavy atom. The van der Waals surface area contributed by atoms with Gasteiger partial charge in [0.05, 0.1) is 0 Å². The molecule has 0 saturated heterocycles. The Bertz CT molecular complexity index is 170. The first kappa shape index (κ1) is 7.89. The van der Waals surface area contributed by atoms with E-state index in [-0.39, 0.29) is 2.88 Å². The Morgan fingerprint density at radius 3 is 2.67 bits per heavy atom. The second-order valence-corrected chi connectivity index (χ2v) is 5.41. The SMILES string of the molecule is ClC1=CC(Cl)(I)C=CC1. The molecular weight excluding hydrogens is 270 g/mol. The highest BCUT2D eigenvalue weighted by molar-refractivity contribution is 14.1. The first-order chi connectivity index (χ1) is 4.10. The van der Waals surface area contributed by atoms with Crippen molar-refractivity contribution < 1.29 is 0 Å². The Hall–Kier alpha value is 0.790. The van der Waals surface area contributed by atoms with E-state index in [4.69, 9.17) is 23.2 Å². The van der Waals surface area contributed by atoms with Gasteiger partial charge in [0.25, 0.3) is 0 Å². The van der Waals surface area contributed by atoms with Crippen LogP contribution in [0, 0.1) is 0 Å². The highest BCUT2D eigenvalue weighted by Crippen LogP contribution is 2.34. The molecule has 0 fully saturated rings. The maximum Gasteiger partial charge on any atom is 0.133 e. The van der Waals surface area contributed by atoms with Crippen molar-refractivity contribution in [1.82, 2.24) is 0 Å². The molecule has 0 radical (unpaired) electrons. The minimum absolute atomic E-state index is 0.382.